The molecule has 0 radical (unpaired) electrons. The molecular weight excluding hydrogens is 425 g/mol. The summed E-state index contributed by atoms with van der Waals surface area (Å²) in [7, 11) is 0. The van der Waals surface area contributed by atoms with Gasteiger partial charge in [0.25, 0.3) is 5.91 Å². The summed E-state index contributed by atoms with van der Waals surface area (Å²) in [5.74, 6) is 0.210. The summed E-state index contributed by atoms with van der Waals surface area (Å²) < 4.78 is 8.85. The molecule has 1 N–H and O–H groups in total. The van der Waals surface area contributed by atoms with Gasteiger partial charge in [0.15, 0.2) is 12.4 Å². The average molecular weight is 442 g/mol. The number of anilines is 1. The fraction of sp³-hybridized carbons (Fsp3) is 0.0952. The van der Waals surface area contributed by atoms with Crippen molar-refractivity contribution >= 4 is 34.8 Å². The Morgan fingerprint density at radius 1 is 1.07 bits per heavy atom. The molecule has 0 spiro atoms. The van der Waals surface area contributed by atoms with Crippen LogP contribution in [0.3, 0.4) is 0 Å². The van der Waals surface area contributed by atoms with Crippen LogP contribution in [0.5, 0.6) is 5.75 Å². The van der Waals surface area contributed by atoms with E-state index in [0.717, 1.165) is 5.56 Å². The van der Waals surface area contributed by atoms with E-state index in [9.17, 15) is 4.79 Å². The van der Waals surface area contributed by atoms with Crippen molar-refractivity contribution in [2.45, 2.75) is 13.3 Å². The van der Waals surface area contributed by atoms with E-state index < -0.39 is 0 Å². The third-order valence-electron chi connectivity index (χ3n) is 4.19. The van der Waals surface area contributed by atoms with Gasteiger partial charge in [-0.3, -0.25) is 9.48 Å². The summed E-state index contributed by atoms with van der Waals surface area (Å²) >= 11 is 12.1. The third-order valence-corrected chi connectivity index (χ3v) is 4.73. The molecule has 0 bridgehead atoms. The number of hydrogen-bond donors (Lipinski definition) is 1. The van der Waals surface area contributed by atoms with Gasteiger partial charge in [-0.2, -0.15) is 10.2 Å². The zero-order valence-corrected chi connectivity index (χ0v) is 17.2. The quantitative estimate of drug-likeness (QED) is 0.450. The first-order valence-corrected chi connectivity index (χ1v) is 9.81. The number of rotatable bonds is 7. The number of benzene rings is 2. The molecule has 2 aromatic heterocycles. The van der Waals surface area contributed by atoms with E-state index in [-0.39, 0.29) is 18.3 Å². The Labute approximate surface area is 182 Å². The van der Waals surface area contributed by atoms with Crippen molar-refractivity contribution in [3.05, 3.63) is 94.5 Å². The third kappa shape index (κ3) is 5.00. The van der Waals surface area contributed by atoms with E-state index in [0.29, 0.717) is 28.0 Å². The summed E-state index contributed by atoms with van der Waals surface area (Å²) in [6, 6.07) is 16.3. The van der Waals surface area contributed by atoms with E-state index in [1.165, 1.54) is 4.68 Å². The lowest BCUT2D eigenvalue weighted by molar-refractivity contribution is 0.102. The molecule has 9 heteroatoms. The molecule has 4 aromatic rings. The van der Waals surface area contributed by atoms with Gasteiger partial charge in [-0.1, -0.05) is 47.5 Å². The number of para-hydroxylation sites is 1. The Kier molecular flexibility index (Phi) is 6.02. The highest BCUT2D eigenvalue weighted by atomic mass is 35.5. The van der Waals surface area contributed by atoms with E-state index in [1.54, 1.807) is 41.5 Å². The van der Waals surface area contributed by atoms with Gasteiger partial charge in [-0.05, 0) is 35.9 Å². The van der Waals surface area contributed by atoms with Crippen LogP contribution in [0, 0.1) is 0 Å². The van der Waals surface area contributed by atoms with Crippen molar-refractivity contribution in [2.24, 2.45) is 0 Å². The summed E-state index contributed by atoms with van der Waals surface area (Å²) in [5.41, 5.74) is 1.85. The topological polar surface area (TPSA) is 74.0 Å². The van der Waals surface area contributed by atoms with Crippen LogP contribution in [-0.4, -0.2) is 25.5 Å². The number of carbonyl (C=O) groups is 1. The smallest absolute Gasteiger partial charge is 0.276 e. The zero-order valence-electron chi connectivity index (χ0n) is 15.7. The molecule has 0 saturated carbocycles. The minimum Gasteiger partial charge on any atom is -0.470 e. The number of halogens is 2. The lowest BCUT2D eigenvalue weighted by Crippen LogP contribution is -2.14. The van der Waals surface area contributed by atoms with Gasteiger partial charge in [-0.25, -0.2) is 4.68 Å². The number of amides is 1. The monoisotopic (exact) mass is 441 g/mol. The van der Waals surface area contributed by atoms with Gasteiger partial charge in [0.2, 0.25) is 0 Å². The fourth-order valence-electron chi connectivity index (χ4n) is 2.78. The Balaban J connectivity index is 1.34. The molecule has 30 heavy (non-hydrogen) atoms. The van der Waals surface area contributed by atoms with Crippen molar-refractivity contribution in [1.29, 1.82) is 0 Å². The number of aromatic nitrogens is 4. The second-order valence-corrected chi connectivity index (χ2v) is 7.30. The van der Waals surface area contributed by atoms with E-state index in [1.807, 2.05) is 36.4 Å². The standard InChI is InChI=1S/C21H17Cl2N5O2/c22-16-5-3-4-15(10-16)12-28-13-17(11-24-28)25-21(29)19-8-9-27(26-19)14-30-20-7-2-1-6-18(20)23/h1-11,13H,12,14H2,(H,25,29). The minimum atomic E-state index is -0.339. The number of ether oxygens (including phenoxy) is 1. The van der Waals surface area contributed by atoms with Gasteiger partial charge in [0.1, 0.15) is 5.75 Å². The summed E-state index contributed by atoms with van der Waals surface area (Å²) in [4.78, 5) is 12.5. The minimum absolute atomic E-state index is 0.134. The molecular formula is C21H17Cl2N5O2. The molecule has 7 nitrogen and oxygen atoms in total. The van der Waals surface area contributed by atoms with Crippen molar-refractivity contribution in [3.8, 4) is 5.75 Å². The van der Waals surface area contributed by atoms with Crippen molar-refractivity contribution < 1.29 is 9.53 Å². The molecule has 0 aliphatic rings. The van der Waals surface area contributed by atoms with Crippen molar-refractivity contribution in [2.75, 3.05) is 5.32 Å². The Hall–Kier alpha value is -3.29. The number of carbonyl (C=O) groups excluding carboxylic acids is 1. The van der Waals surface area contributed by atoms with Crippen LogP contribution in [0.2, 0.25) is 10.0 Å². The van der Waals surface area contributed by atoms with Gasteiger partial charge >= 0.3 is 0 Å². The van der Waals surface area contributed by atoms with Gasteiger partial charge in [0, 0.05) is 17.4 Å². The predicted octanol–water partition coefficient (Wildman–Crippen LogP) is 4.72. The Morgan fingerprint density at radius 3 is 2.77 bits per heavy atom. The molecule has 0 saturated heterocycles. The lowest BCUT2D eigenvalue weighted by Gasteiger charge is -2.07. The van der Waals surface area contributed by atoms with Crippen LogP contribution in [0.1, 0.15) is 16.1 Å². The maximum Gasteiger partial charge on any atom is 0.276 e. The largest absolute Gasteiger partial charge is 0.470 e. The van der Waals surface area contributed by atoms with E-state index in [2.05, 4.69) is 15.5 Å². The molecule has 2 aromatic carbocycles. The summed E-state index contributed by atoms with van der Waals surface area (Å²) in [6.07, 6.45) is 4.99. The van der Waals surface area contributed by atoms with Crippen LogP contribution < -0.4 is 10.1 Å². The predicted molar refractivity (Wildman–Crippen MR) is 115 cm³/mol. The van der Waals surface area contributed by atoms with Gasteiger partial charge < -0.3 is 10.1 Å². The first-order chi connectivity index (χ1) is 14.6. The lowest BCUT2D eigenvalue weighted by atomic mass is 10.2. The van der Waals surface area contributed by atoms with E-state index in [4.69, 9.17) is 27.9 Å². The van der Waals surface area contributed by atoms with Gasteiger partial charge in [0.05, 0.1) is 23.5 Å². The molecule has 0 aliphatic heterocycles. The molecule has 0 atom stereocenters. The van der Waals surface area contributed by atoms with Gasteiger partial charge in [-0.15, -0.1) is 0 Å². The maximum absolute atomic E-state index is 12.5. The summed E-state index contributed by atoms with van der Waals surface area (Å²) in [5, 5.41) is 12.5. The molecule has 1 amide bonds. The van der Waals surface area contributed by atoms with E-state index >= 15 is 0 Å². The highest BCUT2D eigenvalue weighted by molar-refractivity contribution is 6.32. The van der Waals surface area contributed by atoms with Crippen LogP contribution in [-0.2, 0) is 13.3 Å². The Bertz CT molecular complexity index is 1170. The Morgan fingerprint density at radius 2 is 1.93 bits per heavy atom. The maximum atomic E-state index is 12.5. The first-order valence-electron chi connectivity index (χ1n) is 9.06. The highest BCUT2D eigenvalue weighted by Crippen LogP contribution is 2.23. The second kappa shape index (κ2) is 9.02. The molecule has 0 aliphatic carbocycles. The first kappa shape index (κ1) is 20.0. The van der Waals surface area contributed by atoms with Crippen LogP contribution in [0.15, 0.2) is 73.2 Å². The molecule has 2 heterocycles. The fourth-order valence-corrected chi connectivity index (χ4v) is 3.19. The normalized spacial score (nSPS) is 10.7. The molecule has 152 valence electrons. The number of hydrogen-bond acceptors (Lipinski definition) is 4. The van der Waals surface area contributed by atoms with Crippen molar-refractivity contribution in [1.82, 2.24) is 19.6 Å². The molecule has 0 fully saturated rings. The molecule has 0 unspecified atom stereocenters. The van der Waals surface area contributed by atoms with Crippen LogP contribution >= 0.6 is 23.2 Å². The number of nitrogens with one attached hydrogen (secondary N) is 1. The second-order valence-electron chi connectivity index (χ2n) is 6.45. The van der Waals surface area contributed by atoms with Crippen LogP contribution in [0.4, 0.5) is 5.69 Å². The van der Waals surface area contributed by atoms with Crippen LogP contribution in [0.25, 0.3) is 0 Å². The summed E-state index contributed by atoms with van der Waals surface area (Å²) in [6.45, 7) is 0.680. The van der Waals surface area contributed by atoms with Crippen molar-refractivity contribution in [3.63, 3.8) is 0 Å². The molecule has 4 rings (SSSR count). The average Bonchev–Trinajstić information content (AvgIpc) is 3.37. The highest BCUT2D eigenvalue weighted by Gasteiger charge is 2.12. The SMILES string of the molecule is O=C(Nc1cnn(Cc2cccc(Cl)c2)c1)c1ccn(COc2ccccc2Cl)n1. The zero-order chi connectivity index (χ0) is 20.9. The number of nitrogens with zero attached hydrogens (tertiary/aromatic N) is 4.